The van der Waals surface area contributed by atoms with Crippen LogP contribution in [0.25, 0.3) is 12.2 Å². The van der Waals surface area contributed by atoms with Crippen molar-refractivity contribution in [1.82, 2.24) is 10.2 Å². The van der Waals surface area contributed by atoms with Crippen molar-refractivity contribution in [3.05, 3.63) is 59.7 Å². The molecule has 1 fully saturated rings. The maximum absolute atomic E-state index is 13.2. The Hall–Kier alpha value is -2.30. The highest BCUT2D eigenvalue weighted by atomic mass is 35.5. The third kappa shape index (κ3) is 4.57. The summed E-state index contributed by atoms with van der Waals surface area (Å²) >= 11 is 0. The molecule has 148 valence electrons. The number of hydrogen-bond acceptors (Lipinski definition) is 2. The molecule has 28 heavy (non-hydrogen) atoms. The second kappa shape index (κ2) is 9.76. The standard InChI is InChI=1S/C23H27N3O.ClH/c27-23(24-15-18-25-16-7-1-2-8-17-25)26-21-11-5-3-9-19(21)13-14-20-10-4-6-12-22(20)26;/h3-6,9-14H,1-2,7-8,15-18H2,(H,24,27);1H. The maximum atomic E-state index is 13.2. The Morgan fingerprint density at radius 1 is 0.821 bits per heavy atom. The van der Waals surface area contributed by atoms with E-state index >= 15 is 0 Å². The van der Waals surface area contributed by atoms with Crippen LogP contribution >= 0.6 is 12.4 Å². The summed E-state index contributed by atoms with van der Waals surface area (Å²) in [6.45, 7) is 3.89. The van der Waals surface area contributed by atoms with E-state index in [1.165, 1.54) is 25.7 Å². The molecular formula is C23H28ClN3O. The molecule has 0 unspecified atom stereocenters. The van der Waals surface area contributed by atoms with Gasteiger partial charge >= 0.3 is 6.03 Å². The van der Waals surface area contributed by atoms with Gasteiger partial charge in [-0.2, -0.15) is 0 Å². The zero-order valence-electron chi connectivity index (χ0n) is 16.1. The predicted octanol–water partition coefficient (Wildman–Crippen LogP) is 5.32. The van der Waals surface area contributed by atoms with Crippen LogP contribution in [0.1, 0.15) is 36.8 Å². The van der Waals surface area contributed by atoms with Crippen LogP contribution in [-0.2, 0) is 0 Å². The minimum Gasteiger partial charge on any atom is -0.336 e. The Bertz CT molecular complexity index is 779. The Labute approximate surface area is 173 Å². The average Bonchev–Trinajstić information content (AvgIpc) is 3.05. The minimum absolute atomic E-state index is 0. The monoisotopic (exact) mass is 397 g/mol. The average molecular weight is 398 g/mol. The van der Waals surface area contributed by atoms with Gasteiger partial charge in [0.25, 0.3) is 0 Å². The molecule has 5 heteroatoms. The number of urea groups is 1. The first-order valence-corrected chi connectivity index (χ1v) is 9.99. The van der Waals surface area contributed by atoms with Gasteiger partial charge < -0.3 is 10.2 Å². The summed E-state index contributed by atoms with van der Waals surface area (Å²) in [7, 11) is 0. The zero-order valence-corrected chi connectivity index (χ0v) is 17.0. The second-order valence-corrected chi connectivity index (χ2v) is 7.27. The molecule has 2 aromatic carbocycles. The summed E-state index contributed by atoms with van der Waals surface area (Å²) < 4.78 is 0. The maximum Gasteiger partial charge on any atom is 0.326 e. The first-order valence-electron chi connectivity index (χ1n) is 9.99. The van der Waals surface area contributed by atoms with Crippen molar-refractivity contribution in [3.8, 4) is 0 Å². The summed E-state index contributed by atoms with van der Waals surface area (Å²) in [5, 5.41) is 3.15. The number of carbonyl (C=O) groups excluding carboxylic acids is 1. The number of rotatable bonds is 3. The fraction of sp³-hybridized carbons (Fsp3) is 0.348. The zero-order chi connectivity index (χ0) is 18.5. The van der Waals surface area contributed by atoms with Crippen LogP contribution < -0.4 is 10.2 Å². The first kappa shape index (κ1) is 20.4. The second-order valence-electron chi connectivity index (χ2n) is 7.27. The van der Waals surface area contributed by atoms with Gasteiger partial charge in [0.15, 0.2) is 0 Å². The number of nitrogens with one attached hydrogen (secondary N) is 1. The van der Waals surface area contributed by atoms with Gasteiger partial charge in [-0.05, 0) is 49.2 Å². The van der Waals surface area contributed by atoms with E-state index < -0.39 is 0 Å². The van der Waals surface area contributed by atoms with Gasteiger partial charge in [-0.15, -0.1) is 12.4 Å². The highest BCUT2D eigenvalue weighted by Gasteiger charge is 2.23. The molecule has 2 heterocycles. The highest BCUT2D eigenvalue weighted by molar-refractivity contribution is 6.05. The smallest absolute Gasteiger partial charge is 0.326 e. The van der Waals surface area contributed by atoms with Crippen LogP contribution in [0.3, 0.4) is 0 Å². The van der Waals surface area contributed by atoms with E-state index in [9.17, 15) is 4.79 Å². The lowest BCUT2D eigenvalue weighted by Gasteiger charge is -2.26. The lowest BCUT2D eigenvalue weighted by Crippen LogP contribution is -2.41. The van der Waals surface area contributed by atoms with E-state index in [1.807, 2.05) is 41.3 Å². The van der Waals surface area contributed by atoms with Crippen LogP contribution in [0.4, 0.5) is 16.2 Å². The van der Waals surface area contributed by atoms with Crippen LogP contribution in [0.2, 0.25) is 0 Å². The van der Waals surface area contributed by atoms with Crippen molar-refractivity contribution in [1.29, 1.82) is 0 Å². The number of likely N-dealkylation sites (tertiary alicyclic amines) is 1. The van der Waals surface area contributed by atoms with Gasteiger partial charge in [-0.1, -0.05) is 61.4 Å². The molecule has 0 atom stereocenters. The summed E-state index contributed by atoms with van der Waals surface area (Å²) in [6.07, 6.45) is 9.37. The molecule has 1 saturated heterocycles. The number of benzene rings is 2. The molecule has 2 aliphatic heterocycles. The highest BCUT2D eigenvalue weighted by Crippen LogP contribution is 2.36. The van der Waals surface area contributed by atoms with E-state index in [0.29, 0.717) is 6.54 Å². The van der Waals surface area contributed by atoms with Crippen molar-refractivity contribution in [2.24, 2.45) is 0 Å². The van der Waals surface area contributed by atoms with E-state index in [0.717, 1.165) is 42.1 Å². The van der Waals surface area contributed by atoms with Gasteiger partial charge in [0.2, 0.25) is 0 Å². The lowest BCUT2D eigenvalue weighted by atomic mass is 10.1. The predicted molar refractivity (Wildman–Crippen MR) is 120 cm³/mol. The van der Waals surface area contributed by atoms with Crippen molar-refractivity contribution in [2.45, 2.75) is 25.7 Å². The number of anilines is 2. The minimum atomic E-state index is -0.0616. The molecule has 0 radical (unpaired) electrons. The SMILES string of the molecule is Cl.O=C(NCCN1CCCCCC1)N1c2ccccc2C=Cc2ccccc21. The van der Waals surface area contributed by atoms with E-state index in [1.54, 1.807) is 0 Å². The molecule has 0 aliphatic carbocycles. The number of fused-ring (bicyclic) bond motifs is 2. The molecule has 0 saturated carbocycles. The van der Waals surface area contributed by atoms with Crippen molar-refractivity contribution < 1.29 is 4.79 Å². The van der Waals surface area contributed by atoms with Crippen molar-refractivity contribution in [3.63, 3.8) is 0 Å². The molecule has 1 N–H and O–H groups in total. The number of nitrogens with zero attached hydrogens (tertiary/aromatic N) is 2. The van der Waals surface area contributed by atoms with Crippen LogP contribution in [-0.4, -0.2) is 37.1 Å². The molecule has 0 bridgehead atoms. The van der Waals surface area contributed by atoms with Crippen LogP contribution in [0, 0.1) is 0 Å². The molecule has 2 aromatic rings. The molecule has 0 spiro atoms. The summed E-state index contributed by atoms with van der Waals surface area (Å²) in [6, 6.07) is 16.0. The molecule has 4 rings (SSSR count). The number of carbonyl (C=O) groups is 1. The summed E-state index contributed by atoms with van der Waals surface area (Å²) in [5.41, 5.74) is 3.95. The fourth-order valence-electron chi connectivity index (χ4n) is 3.95. The summed E-state index contributed by atoms with van der Waals surface area (Å²) in [4.78, 5) is 17.4. The van der Waals surface area contributed by atoms with E-state index in [4.69, 9.17) is 0 Å². The quantitative estimate of drug-likeness (QED) is 0.761. The molecular weight excluding hydrogens is 370 g/mol. The Morgan fingerprint density at radius 3 is 1.93 bits per heavy atom. The van der Waals surface area contributed by atoms with E-state index in [2.05, 4.69) is 34.5 Å². The molecule has 2 aliphatic rings. The molecule has 4 nitrogen and oxygen atoms in total. The third-order valence-corrected chi connectivity index (χ3v) is 5.40. The Balaban J connectivity index is 0.00000225. The third-order valence-electron chi connectivity index (χ3n) is 5.40. The van der Waals surface area contributed by atoms with Crippen molar-refractivity contribution >= 4 is 42.0 Å². The number of para-hydroxylation sites is 2. The normalized spacial score (nSPS) is 16.2. The van der Waals surface area contributed by atoms with Gasteiger partial charge in [-0.3, -0.25) is 4.90 Å². The Kier molecular flexibility index (Phi) is 7.12. The number of amides is 2. The fourth-order valence-corrected chi connectivity index (χ4v) is 3.95. The van der Waals surface area contributed by atoms with Crippen LogP contribution in [0.5, 0.6) is 0 Å². The summed E-state index contributed by atoms with van der Waals surface area (Å²) in [5.74, 6) is 0. The van der Waals surface area contributed by atoms with Gasteiger partial charge in [0.05, 0.1) is 11.4 Å². The molecule has 2 amide bonds. The van der Waals surface area contributed by atoms with Crippen LogP contribution in [0.15, 0.2) is 48.5 Å². The largest absolute Gasteiger partial charge is 0.336 e. The lowest BCUT2D eigenvalue weighted by molar-refractivity contribution is 0.243. The van der Waals surface area contributed by atoms with E-state index in [-0.39, 0.29) is 18.4 Å². The Morgan fingerprint density at radius 2 is 1.36 bits per heavy atom. The number of hydrogen-bond donors (Lipinski definition) is 1. The first-order chi connectivity index (χ1) is 13.3. The van der Waals surface area contributed by atoms with Gasteiger partial charge in [-0.25, -0.2) is 4.79 Å². The topological polar surface area (TPSA) is 35.6 Å². The molecule has 0 aromatic heterocycles. The number of halogens is 1. The van der Waals surface area contributed by atoms with Gasteiger partial charge in [0, 0.05) is 13.1 Å². The van der Waals surface area contributed by atoms with Crippen molar-refractivity contribution in [2.75, 3.05) is 31.1 Å². The van der Waals surface area contributed by atoms with Gasteiger partial charge in [0.1, 0.15) is 0 Å².